The summed E-state index contributed by atoms with van der Waals surface area (Å²) < 4.78 is 2.37. The first kappa shape index (κ1) is 9.31. The third-order valence-electron chi connectivity index (χ3n) is 1.07. The van der Waals surface area contributed by atoms with Gasteiger partial charge in [-0.15, -0.1) is 0 Å². The molecule has 0 heterocycles. The quantitative estimate of drug-likeness (QED) is 0.562. The predicted octanol–water partition coefficient (Wildman–Crippen LogP) is 2.38. The molecule has 0 rings (SSSR count). The topological polar surface area (TPSA) is 3.24 Å². The van der Waals surface area contributed by atoms with Crippen LogP contribution < -0.4 is 0 Å². The minimum Gasteiger partial charge on any atom is -0.251 e. The van der Waals surface area contributed by atoms with Crippen molar-refractivity contribution < 1.29 is 0 Å². The van der Waals surface area contributed by atoms with Crippen LogP contribution in [0.2, 0.25) is 0 Å². The number of rotatable bonds is 4. The Morgan fingerprint density at radius 2 is 1.67 bits per heavy atom. The average Bonchev–Trinajstić information content (AvgIpc) is 1.82. The first-order valence-electron chi connectivity index (χ1n) is 3.62. The summed E-state index contributed by atoms with van der Waals surface area (Å²) in [6.45, 7) is 11.1. The van der Waals surface area contributed by atoms with Gasteiger partial charge < -0.3 is 0 Å². The maximum atomic E-state index is 2.37. The van der Waals surface area contributed by atoms with E-state index < -0.39 is 0 Å². The molecule has 0 atom stereocenters. The molecule has 0 aliphatic heterocycles. The van der Waals surface area contributed by atoms with Crippen LogP contribution in [0.25, 0.3) is 0 Å². The van der Waals surface area contributed by atoms with Gasteiger partial charge in [0.1, 0.15) is 0 Å². The van der Waals surface area contributed by atoms with Crippen LogP contribution in [0.5, 0.6) is 0 Å². The molecule has 9 heavy (non-hydrogen) atoms. The van der Waals surface area contributed by atoms with Crippen molar-refractivity contribution in [3.8, 4) is 0 Å². The maximum Gasteiger partial charge on any atom is 0.0138 e. The van der Waals surface area contributed by atoms with Crippen LogP contribution in [0.4, 0.5) is 0 Å². The Hall–Kier alpha value is 0.310. The molecular weight excluding hydrogens is 130 g/mol. The summed E-state index contributed by atoms with van der Waals surface area (Å²) in [5, 5.41) is 0.727. The summed E-state index contributed by atoms with van der Waals surface area (Å²) >= 11 is 1.93. The summed E-state index contributed by atoms with van der Waals surface area (Å²) in [5.74, 6) is 0. The van der Waals surface area contributed by atoms with E-state index in [9.17, 15) is 0 Å². The van der Waals surface area contributed by atoms with Crippen molar-refractivity contribution in [3.63, 3.8) is 0 Å². The summed E-state index contributed by atoms with van der Waals surface area (Å²) in [5.41, 5.74) is 0. The van der Waals surface area contributed by atoms with Gasteiger partial charge in [-0.2, -0.15) is 0 Å². The molecule has 0 spiro atoms. The molecule has 0 aliphatic rings. The molecule has 0 aliphatic carbocycles. The zero-order valence-corrected chi connectivity index (χ0v) is 7.66. The zero-order chi connectivity index (χ0) is 7.28. The highest BCUT2D eigenvalue weighted by Gasteiger charge is 2.00. The van der Waals surface area contributed by atoms with Crippen LogP contribution in [0, 0.1) is 0 Å². The van der Waals surface area contributed by atoms with E-state index in [1.54, 1.807) is 0 Å². The fourth-order valence-electron chi connectivity index (χ4n) is 0.671. The Morgan fingerprint density at radius 3 is 1.78 bits per heavy atom. The molecule has 0 aromatic rings. The van der Waals surface area contributed by atoms with Gasteiger partial charge in [-0.25, -0.2) is 0 Å². The van der Waals surface area contributed by atoms with Crippen molar-refractivity contribution in [1.82, 2.24) is 4.31 Å². The Kier molecular flexibility index (Phi) is 5.30. The summed E-state index contributed by atoms with van der Waals surface area (Å²) in [6, 6.07) is 0. The fourth-order valence-corrected chi connectivity index (χ4v) is 1.57. The highest BCUT2D eigenvalue weighted by Crippen LogP contribution is 2.14. The standard InChI is InChI=1S/C7H17NS/c1-5-8(6-2)9-7(3)4/h7H,5-6H2,1-4H3. The number of hydrogen-bond donors (Lipinski definition) is 0. The first-order valence-corrected chi connectivity index (χ1v) is 4.46. The molecule has 0 N–H and O–H groups in total. The van der Waals surface area contributed by atoms with E-state index in [4.69, 9.17) is 0 Å². The third-order valence-corrected chi connectivity index (χ3v) is 2.30. The van der Waals surface area contributed by atoms with Crippen molar-refractivity contribution in [2.24, 2.45) is 0 Å². The first-order chi connectivity index (χ1) is 4.20. The molecule has 0 radical (unpaired) electrons. The van der Waals surface area contributed by atoms with Crippen molar-refractivity contribution >= 4 is 11.9 Å². The lowest BCUT2D eigenvalue weighted by atomic mass is 10.6. The largest absolute Gasteiger partial charge is 0.251 e. The van der Waals surface area contributed by atoms with Crippen molar-refractivity contribution in [2.75, 3.05) is 13.1 Å². The Labute approximate surface area is 62.9 Å². The van der Waals surface area contributed by atoms with E-state index in [1.165, 1.54) is 0 Å². The van der Waals surface area contributed by atoms with E-state index in [1.807, 2.05) is 11.9 Å². The molecule has 2 heteroatoms. The van der Waals surface area contributed by atoms with E-state index in [-0.39, 0.29) is 0 Å². The maximum absolute atomic E-state index is 2.37. The summed E-state index contributed by atoms with van der Waals surface area (Å²) in [7, 11) is 0. The van der Waals surface area contributed by atoms with Gasteiger partial charge in [0.15, 0.2) is 0 Å². The Morgan fingerprint density at radius 1 is 1.22 bits per heavy atom. The molecule has 0 fully saturated rings. The van der Waals surface area contributed by atoms with Gasteiger partial charge >= 0.3 is 0 Å². The van der Waals surface area contributed by atoms with Gasteiger partial charge in [0, 0.05) is 18.3 Å². The minimum absolute atomic E-state index is 0.727. The zero-order valence-electron chi connectivity index (χ0n) is 6.85. The van der Waals surface area contributed by atoms with Gasteiger partial charge in [0.05, 0.1) is 0 Å². The van der Waals surface area contributed by atoms with E-state index >= 15 is 0 Å². The molecule has 0 amide bonds. The monoisotopic (exact) mass is 147 g/mol. The Balaban J connectivity index is 3.31. The number of hydrogen-bond acceptors (Lipinski definition) is 2. The van der Waals surface area contributed by atoms with Crippen LogP contribution in [-0.2, 0) is 0 Å². The SMILES string of the molecule is CCN(CC)SC(C)C. The molecular formula is C7H17NS. The van der Waals surface area contributed by atoms with E-state index in [0.29, 0.717) is 0 Å². The summed E-state index contributed by atoms with van der Waals surface area (Å²) in [6.07, 6.45) is 0. The molecule has 1 nitrogen and oxygen atoms in total. The van der Waals surface area contributed by atoms with Crippen molar-refractivity contribution in [3.05, 3.63) is 0 Å². The second-order valence-corrected chi connectivity index (χ2v) is 3.94. The second-order valence-electron chi connectivity index (χ2n) is 2.27. The molecule has 0 saturated heterocycles. The third kappa shape index (κ3) is 4.79. The van der Waals surface area contributed by atoms with Crippen molar-refractivity contribution in [2.45, 2.75) is 32.9 Å². The van der Waals surface area contributed by atoms with Gasteiger partial charge in [-0.3, -0.25) is 4.31 Å². The summed E-state index contributed by atoms with van der Waals surface area (Å²) in [4.78, 5) is 0. The predicted molar refractivity (Wildman–Crippen MR) is 45.6 cm³/mol. The number of nitrogens with zero attached hydrogens (tertiary/aromatic N) is 1. The molecule has 56 valence electrons. The highest BCUT2D eigenvalue weighted by atomic mass is 32.2. The lowest BCUT2D eigenvalue weighted by Crippen LogP contribution is -2.16. The van der Waals surface area contributed by atoms with Crippen LogP contribution in [-0.4, -0.2) is 22.6 Å². The van der Waals surface area contributed by atoms with Crippen LogP contribution in [0.3, 0.4) is 0 Å². The minimum atomic E-state index is 0.727. The fraction of sp³-hybridized carbons (Fsp3) is 1.00. The van der Waals surface area contributed by atoms with Gasteiger partial charge in [-0.05, 0) is 0 Å². The van der Waals surface area contributed by atoms with Crippen LogP contribution in [0.1, 0.15) is 27.7 Å². The molecule has 0 saturated carbocycles. The lowest BCUT2D eigenvalue weighted by molar-refractivity contribution is 0.522. The van der Waals surface area contributed by atoms with Crippen molar-refractivity contribution in [1.29, 1.82) is 0 Å². The average molecular weight is 147 g/mol. The van der Waals surface area contributed by atoms with Crippen LogP contribution in [0.15, 0.2) is 0 Å². The van der Waals surface area contributed by atoms with Gasteiger partial charge in [-0.1, -0.05) is 39.6 Å². The second kappa shape index (κ2) is 5.12. The smallest absolute Gasteiger partial charge is 0.0138 e. The molecule has 0 aromatic heterocycles. The molecule has 0 aromatic carbocycles. The van der Waals surface area contributed by atoms with Gasteiger partial charge in [0.2, 0.25) is 0 Å². The lowest BCUT2D eigenvalue weighted by Gasteiger charge is -2.18. The van der Waals surface area contributed by atoms with E-state index in [0.717, 1.165) is 18.3 Å². The van der Waals surface area contributed by atoms with Gasteiger partial charge in [0.25, 0.3) is 0 Å². The van der Waals surface area contributed by atoms with E-state index in [2.05, 4.69) is 32.0 Å². The normalized spacial score (nSPS) is 11.3. The molecule has 0 unspecified atom stereocenters. The van der Waals surface area contributed by atoms with Crippen LogP contribution >= 0.6 is 11.9 Å². The highest BCUT2D eigenvalue weighted by molar-refractivity contribution is 7.97. The Bertz CT molecular complexity index is 59.9. The molecule has 0 bridgehead atoms.